The van der Waals surface area contributed by atoms with Gasteiger partial charge in [0.05, 0.1) is 7.11 Å². The number of rotatable bonds is 7. The van der Waals surface area contributed by atoms with Gasteiger partial charge >= 0.3 is 0 Å². The van der Waals surface area contributed by atoms with E-state index in [0.29, 0.717) is 36.1 Å². The number of benzene rings is 1. The van der Waals surface area contributed by atoms with Gasteiger partial charge in [0.1, 0.15) is 6.61 Å². The van der Waals surface area contributed by atoms with E-state index in [0.717, 1.165) is 25.3 Å². The van der Waals surface area contributed by atoms with E-state index in [2.05, 4.69) is 6.26 Å². The minimum atomic E-state index is 0.0690. The van der Waals surface area contributed by atoms with E-state index in [1.54, 1.807) is 25.3 Å². The predicted octanol–water partition coefficient (Wildman–Crippen LogP) is 2.25. The Labute approximate surface area is 142 Å². The summed E-state index contributed by atoms with van der Waals surface area (Å²) in [5.41, 5.74) is 6.10. The molecule has 1 aromatic rings. The van der Waals surface area contributed by atoms with E-state index in [1.165, 1.54) is 6.42 Å². The molecular weight excluding hydrogens is 312 g/mol. The maximum Gasteiger partial charge on any atom is 0.254 e. The molecule has 6 heteroatoms. The van der Waals surface area contributed by atoms with E-state index in [1.807, 2.05) is 16.7 Å². The number of piperidine rings is 1. The van der Waals surface area contributed by atoms with Crippen molar-refractivity contribution in [2.24, 2.45) is 11.7 Å². The molecule has 1 amide bonds. The van der Waals surface area contributed by atoms with E-state index in [-0.39, 0.29) is 5.91 Å². The molecule has 1 aliphatic heterocycles. The van der Waals surface area contributed by atoms with Crippen LogP contribution in [0, 0.1) is 5.92 Å². The molecule has 2 rings (SSSR count). The number of nitrogens with zero attached hydrogens (tertiary/aromatic N) is 1. The Balaban J connectivity index is 2.09. The first-order valence-electron chi connectivity index (χ1n) is 7.98. The molecule has 0 radical (unpaired) electrons. The van der Waals surface area contributed by atoms with Gasteiger partial charge in [-0.25, -0.2) is 0 Å². The van der Waals surface area contributed by atoms with Gasteiger partial charge in [0.25, 0.3) is 5.91 Å². The highest BCUT2D eigenvalue weighted by molar-refractivity contribution is 7.98. The summed E-state index contributed by atoms with van der Waals surface area (Å²) in [5.74, 6) is 2.96. The fourth-order valence-electron chi connectivity index (χ4n) is 2.89. The molecule has 0 saturated carbocycles. The molecule has 128 valence electrons. The first-order chi connectivity index (χ1) is 11.2. The maximum absolute atomic E-state index is 12.7. The van der Waals surface area contributed by atoms with Gasteiger partial charge in [-0.1, -0.05) is 0 Å². The summed E-state index contributed by atoms with van der Waals surface area (Å²) in [4.78, 5) is 14.7. The van der Waals surface area contributed by atoms with Gasteiger partial charge in [0.15, 0.2) is 11.5 Å². The zero-order chi connectivity index (χ0) is 16.7. The smallest absolute Gasteiger partial charge is 0.254 e. The zero-order valence-electron chi connectivity index (χ0n) is 13.9. The number of amides is 1. The Morgan fingerprint density at radius 3 is 2.96 bits per heavy atom. The van der Waals surface area contributed by atoms with Crippen LogP contribution in [-0.4, -0.2) is 56.2 Å². The van der Waals surface area contributed by atoms with E-state index in [4.69, 9.17) is 15.2 Å². The number of thioether (sulfide) groups is 1. The molecule has 0 spiro atoms. The Hall–Kier alpha value is -1.40. The second-order valence-electron chi connectivity index (χ2n) is 5.72. The van der Waals surface area contributed by atoms with Crippen molar-refractivity contribution in [2.45, 2.75) is 12.8 Å². The van der Waals surface area contributed by atoms with Crippen LogP contribution in [0.2, 0.25) is 0 Å². The van der Waals surface area contributed by atoms with Crippen molar-refractivity contribution < 1.29 is 14.3 Å². The molecule has 0 bridgehead atoms. The predicted molar refractivity (Wildman–Crippen MR) is 94.6 cm³/mol. The third-order valence-electron chi connectivity index (χ3n) is 3.99. The van der Waals surface area contributed by atoms with E-state index < -0.39 is 0 Å². The monoisotopic (exact) mass is 338 g/mol. The molecule has 1 atom stereocenters. The molecule has 5 nitrogen and oxygen atoms in total. The number of hydrogen-bond acceptors (Lipinski definition) is 5. The third kappa shape index (κ3) is 4.78. The number of ether oxygens (including phenoxy) is 2. The van der Waals surface area contributed by atoms with Crippen LogP contribution in [0.4, 0.5) is 0 Å². The van der Waals surface area contributed by atoms with Crippen molar-refractivity contribution in [2.75, 3.05) is 45.4 Å². The van der Waals surface area contributed by atoms with Crippen LogP contribution in [0.25, 0.3) is 0 Å². The lowest BCUT2D eigenvalue weighted by Crippen LogP contribution is -2.40. The van der Waals surface area contributed by atoms with Crippen molar-refractivity contribution in [3.63, 3.8) is 0 Å². The second-order valence-corrected chi connectivity index (χ2v) is 6.63. The quantitative estimate of drug-likeness (QED) is 0.826. The van der Waals surface area contributed by atoms with Gasteiger partial charge in [-0.15, -0.1) is 0 Å². The van der Waals surface area contributed by atoms with Gasteiger partial charge in [0, 0.05) is 25.2 Å². The van der Waals surface area contributed by atoms with Crippen LogP contribution >= 0.6 is 11.8 Å². The normalized spacial score (nSPS) is 17.9. The third-order valence-corrected chi connectivity index (χ3v) is 4.80. The summed E-state index contributed by atoms with van der Waals surface area (Å²) in [6.07, 6.45) is 4.40. The molecule has 23 heavy (non-hydrogen) atoms. The number of hydrogen-bond donors (Lipinski definition) is 1. The number of nitrogens with two attached hydrogens (primary N) is 1. The van der Waals surface area contributed by atoms with Crippen LogP contribution in [0.5, 0.6) is 11.5 Å². The summed E-state index contributed by atoms with van der Waals surface area (Å²) in [6, 6.07) is 5.34. The second kappa shape index (κ2) is 9.03. The summed E-state index contributed by atoms with van der Waals surface area (Å²) in [6.45, 7) is 2.53. The SMILES string of the molecule is COc1cc(C(=O)N2CCC[C@@H](CSC)C2)ccc1OCCN. The lowest BCUT2D eigenvalue weighted by atomic mass is 9.99. The lowest BCUT2D eigenvalue weighted by molar-refractivity contribution is 0.0685. The number of methoxy groups -OCH3 is 1. The molecule has 0 aliphatic carbocycles. The fraction of sp³-hybridized carbons (Fsp3) is 0.588. The van der Waals surface area contributed by atoms with Gasteiger partial charge in [0.2, 0.25) is 0 Å². The molecule has 0 aromatic heterocycles. The van der Waals surface area contributed by atoms with Crippen molar-refractivity contribution in [3.8, 4) is 11.5 Å². The zero-order valence-corrected chi connectivity index (χ0v) is 14.7. The minimum absolute atomic E-state index is 0.0690. The average Bonchev–Trinajstić information content (AvgIpc) is 2.59. The van der Waals surface area contributed by atoms with Crippen LogP contribution in [0.3, 0.4) is 0 Å². The van der Waals surface area contributed by atoms with Crippen LogP contribution in [-0.2, 0) is 0 Å². The first kappa shape index (κ1) is 17.9. The first-order valence-corrected chi connectivity index (χ1v) is 9.38. The fourth-order valence-corrected chi connectivity index (χ4v) is 3.64. The number of likely N-dealkylation sites (tertiary alicyclic amines) is 1. The number of carbonyl (C=O) groups is 1. The topological polar surface area (TPSA) is 64.8 Å². The number of carbonyl (C=O) groups excluding carboxylic acids is 1. The Morgan fingerprint density at radius 1 is 1.43 bits per heavy atom. The summed E-state index contributed by atoms with van der Waals surface area (Å²) >= 11 is 1.85. The Morgan fingerprint density at radius 2 is 2.26 bits per heavy atom. The molecule has 1 saturated heterocycles. The van der Waals surface area contributed by atoms with Crippen molar-refractivity contribution >= 4 is 17.7 Å². The molecule has 2 N–H and O–H groups in total. The summed E-state index contributed by atoms with van der Waals surface area (Å²) in [5, 5.41) is 0. The van der Waals surface area contributed by atoms with Crippen LogP contribution in [0.15, 0.2) is 18.2 Å². The largest absolute Gasteiger partial charge is 0.493 e. The highest BCUT2D eigenvalue weighted by Crippen LogP contribution is 2.29. The minimum Gasteiger partial charge on any atom is -0.493 e. The Kier molecular flexibility index (Phi) is 7.05. The molecule has 1 aromatic carbocycles. The summed E-state index contributed by atoms with van der Waals surface area (Å²) in [7, 11) is 1.58. The Bertz CT molecular complexity index is 523. The van der Waals surface area contributed by atoms with E-state index >= 15 is 0 Å². The van der Waals surface area contributed by atoms with Crippen molar-refractivity contribution in [1.29, 1.82) is 0 Å². The highest BCUT2D eigenvalue weighted by atomic mass is 32.2. The van der Waals surface area contributed by atoms with Crippen molar-refractivity contribution in [3.05, 3.63) is 23.8 Å². The van der Waals surface area contributed by atoms with E-state index in [9.17, 15) is 4.79 Å². The standard InChI is InChI=1S/C17H26N2O3S/c1-21-16-10-14(5-6-15(16)22-9-7-18)17(20)19-8-3-4-13(11-19)12-23-2/h5-6,10,13H,3-4,7-9,11-12,18H2,1-2H3/t13-/m1/s1. The average molecular weight is 338 g/mol. The molecular formula is C17H26N2O3S. The van der Waals surface area contributed by atoms with Gasteiger partial charge in [-0.3, -0.25) is 4.79 Å². The molecule has 1 heterocycles. The lowest BCUT2D eigenvalue weighted by Gasteiger charge is -2.32. The van der Waals surface area contributed by atoms with Crippen molar-refractivity contribution in [1.82, 2.24) is 4.90 Å². The molecule has 1 fully saturated rings. The maximum atomic E-state index is 12.7. The van der Waals surface area contributed by atoms with Gasteiger partial charge in [-0.05, 0) is 49.0 Å². The van der Waals surface area contributed by atoms with Gasteiger partial charge < -0.3 is 20.1 Å². The molecule has 1 aliphatic rings. The van der Waals surface area contributed by atoms with Crippen LogP contribution < -0.4 is 15.2 Å². The molecule has 0 unspecified atom stereocenters. The van der Waals surface area contributed by atoms with Crippen LogP contribution in [0.1, 0.15) is 23.2 Å². The highest BCUT2D eigenvalue weighted by Gasteiger charge is 2.24. The van der Waals surface area contributed by atoms with Gasteiger partial charge in [-0.2, -0.15) is 11.8 Å². The summed E-state index contributed by atoms with van der Waals surface area (Å²) < 4.78 is 10.9.